The van der Waals surface area contributed by atoms with Crippen molar-refractivity contribution in [2.45, 2.75) is 51.6 Å². The maximum absolute atomic E-state index is 12.5. The number of esters is 2. The second kappa shape index (κ2) is 6.35. The van der Waals surface area contributed by atoms with Crippen molar-refractivity contribution in [3.8, 4) is 0 Å². The van der Waals surface area contributed by atoms with Gasteiger partial charge in [0, 0.05) is 12.3 Å². The molecule has 2 bridgehead atoms. The Morgan fingerprint density at radius 2 is 2.12 bits per heavy atom. The molecule has 3 rings (SSSR count). The van der Waals surface area contributed by atoms with Crippen LogP contribution in [0.25, 0.3) is 0 Å². The minimum atomic E-state index is -1.59. The van der Waals surface area contributed by atoms with E-state index in [1.54, 1.807) is 39.0 Å². The van der Waals surface area contributed by atoms with Crippen molar-refractivity contribution in [2.24, 2.45) is 17.8 Å². The van der Waals surface area contributed by atoms with Crippen LogP contribution in [-0.2, 0) is 23.8 Å². The van der Waals surface area contributed by atoms with Gasteiger partial charge in [-0.05, 0) is 31.1 Å². The van der Waals surface area contributed by atoms with Crippen LogP contribution in [0.3, 0.4) is 0 Å². The molecule has 0 spiro atoms. The molecule has 0 saturated carbocycles. The van der Waals surface area contributed by atoms with Crippen LogP contribution in [0.2, 0.25) is 0 Å². The molecule has 1 N–H and O–H groups in total. The first-order valence-electron chi connectivity index (χ1n) is 8.91. The molecular formula is C20H26O6. The molecule has 0 unspecified atom stereocenters. The molecule has 0 aromatic heterocycles. The summed E-state index contributed by atoms with van der Waals surface area (Å²) in [5.74, 6) is -3.76. The molecule has 3 heterocycles. The van der Waals surface area contributed by atoms with E-state index in [1.165, 1.54) is 0 Å². The number of aliphatic hydroxyl groups is 1. The monoisotopic (exact) mass is 362 g/mol. The Morgan fingerprint density at radius 1 is 1.42 bits per heavy atom. The van der Waals surface area contributed by atoms with E-state index in [0.29, 0.717) is 17.6 Å². The topological polar surface area (TPSA) is 82.1 Å². The predicted molar refractivity (Wildman–Crippen MR) is 93.8 cm³/mol. The van der Waals surface area contributed by atoms with Crippen molar-refractivity contribution >= 4 is 11.9 Å². The fourth-order valence-electron chi connectivity index (χ4n) is 3.77. The van der Waals surface area contributed by atoms with E-state index >= 15 is 0 Å². The van der Waals surface area contributed by atoms with Crippen molar-refractivity contribution in [1.82, 2.24) is 0 Å². The number of hydrogen-bond acceptors (Lipinski definition) is 6. The number of fused-ring (bicyclic) bond motifs is 3. The van der Waals surface area contributed by atoms with Crippen molar-refractivity contribution in [1.29, 1.82) is 0 Å². The summed E-state index contributed by atoms with van der Waals surface area (Å²) in [6, 6.07) is 0. The van der Waals surface area contributed by atoms with Gasteiger partial charge >= 0.3 is 11.9 Å². The smallest absolute Gasteiger partial charge is 0.313 e. The minimum absolute atomic E-state index is 0.0975. The largest absolute Gasteiger partial charge is 0.461 e. The first kappa shape index (κ1) is 18.9. The van der Waals surface area contributed by atoms with Crippen molar-refractivity contribution < 1.29 is 28.9 Å². The zero-order valence-electron chi connectivity index (χ0n) is 15.7. The molecule has 142 valence electrons. The molecule has 0 amide bonds. The Morgan fingerprint density at radius 3 is 2.77 bits per heavy atom. The van der Waals surface area contributed by atoms with Crippen LogP contribution in [0.1, 0.15) is 34.1 Å². The third kappa shape index (κ3) is 3.23. The maximum atomic E-state index is 12.5. The van der Waals surface area contributed by atoms with Gasteiger partial charge in [0.1, 0.15) is 12.7 Å². The first-order valence-corrected chi connectivity index (χ1v) is 8.91. The first-order chi connectivity index (χ1) is 12.0. The minimum Gasteiger partial charge on any atom is -0.461 e. The highest BCUT2D eigenvalue weighted by molar-refractivity contribution is 5.77. The summed E-state index contributed by atoms with van der Waals surface area (Å²) >= 11 is 0. The van der Waals surface area contributed by atoms with Crippen LogP contribution in [0.4, 0.5) is 0 Å². The molecule has 1 saturated heterocycles. The van der Waals surface area contributed by atoms with Gasteiger partial charge in [-0.25, -0.2) is 0 Å². The summed E-state index contributed by atoms with van der Waals surface area (Å²) in [5.41, 5.74) is 0.356. The molecule has 0 radical (unpaired) electrons. The second-order valence-electron chi connectivity index (χ2n) is 7.95. The highest BCUT2D eigenvalue weighted by Gasteiger charge is 2.50. The molecule has 6 nitrogen and oxygen atoms in total. The fourth-order valence-corrected chi connectivity index (χ4v) is 3.77. The quantitative estimate of drug-likeness (QED) is 0.599. The van der Waals surface area contributed by atoms with E-state index in [1.807, 2.05) is 6.92 Å². The molecule has 3 aliphatic heterocycles. The van der Waals surface area contributed by atoms with Crippen LogP contribution in [0.15, 0.2) is 36.0 Å². The molecule has 0 aliphatic carbocycles. The Hall–Kier alpha value is -1.92. The lowest BCUT2D eigenvalue weighted by Gasteiger charge is -2.38. The van der Waals surface area contributed by atoms with Crippen LogP contribution in [0.5, 0.6) is 0 Å². The predicted octanol–water partition coefficient (Wildman–Crippen LogP) is 2.28. The Labute approximate surface area is 153 Å². The summed E-state index contributed by atoms with van der Waals surface area (Å²) in [5, 5.41) is 10.8. The molecule has 6 heteroatoms. The van der Waals surface area contributed by atoms with Crippen molar-refractivity contribution in [2.75, 3.05) is 6.61 Å². The summed E-state index contributed by atoms with van der Waals surface area (Å²) < 4.78 is 16.9. The molecule has 5 atom stereocenters. The van der Waals surface area contributed by atoms with Crippen LogP contribution >= 0.6 is 0 Å². The van der Waals surface area contributed by atoms with Gasteiger partial charge in [-0.2, -0.15) is 0 Å². The van der Waals surface area contributed by atoms with Crippen LogP contribution < -0.4 is 0 Å². The molecular weight excluding hydrogens is 336 g/mol. The van der Waals surface area contributed by atoms with E-state index in [4.69, 9.17) is 14.2 Å². The van der Waals surface area contributed by atoms with E-state index in [0.717, 1.165) is 0 Å². The van der Waals surface area contributed by atoms with E-state index in [-0.39, 0.29) is 18.5 Å². The van der Waals surface area contributed by atoms with Gasteiger partial charge in [0.25, 0.3) is 0 Å². The van der Waals surface area contributed by atoms with Gasteiger partial charge in [0.2, 0.25) is 5.79 Å². The molecule has 0 aromatic rings. The van der Waals surface area contributed by atoms with Gasteiger partial charge in [-0.15, -0.1) is 0 Å². The average molecular weight is 362 g/mol. The summed E-state index contributed by atoms with van der Waals surface area (Å²) in [4.78, 5) is 24.8. The zero-order chi connectivity index (χ0) is 19.3. The maximum Gasteiger partial charge on any atom is 0.313 e. The Kier molecular flexibility index (Phi) is 4.61. The lowest BCUT2D eigenvalue weighted by atomic mass is 9.76. The number of hydrogen-bond donors (Lipinski definition) is 1. The number of cyclic esters (lactones) is 1. The highest BCUT2D eigenvalue weighted by atomic mass is 16.6. The Bertz CT molecular complexity index is 705. The summed E-state index contributed by atoms with van der Waals surface area (Å²) in [6.45, 7) is 11.2. The second-order valence-corrected chi connectivity index (χ2v) is 7.95. The van der Waals surface area contributed by atoms with E-state index < -0.39 is 35.3 Å². The zero-order valence-corrected chi connectivity index (χ0v) is 15.7. The van der Waals surface area contributed by atoms with Crippen molar-refractivity contribution in [3.63, 3.8) is 0 Å². The Balaban J connectivity index is 2.08. The fraction of sp³-hybridized carbons (Fsp3) is 0.600. The van der Waals surface area contributed by atoms with Gasteiger partial charge in [0.05, 0.1) is 17.4 Å². The van der Waals surface area contributed by atoms with E-state index in [2.05, 4.69) is 6.58 Å². The molecule has 26 heavy (non-hydrogen) atoms. The number of carbonyl (C=O) groups excluding carboxylic acids is 2. The number of carbonyl (C=O) groups is 2. The molecule has 0 aromatic carbocycles. The van der Waals surface area contributed by atoms with Crippen LogP contribution in [0, 0.1) is 17.8 Å². The summed E-state index contributed by atoms with van der Waals surface area (Å²) in [7, 11) is 0. The lowest BCUT2D eigenvalue weighted by Crippen LogP contribution is -2.45. The van der Waals surface area contributed by atoms with Crippen LogP contribution in [-0.4, -0.2) is 41.1 Å². The highest BCUT2D eigenvalue weighted by Crippen LogP contribution is 2.44. The third-order valence-electron chi connectivity index (χ3n) is 5.32. The summed E-state index contributed by atoms with van der Waals surface area (Å²) in [6.07, 6.45) is 4.69. The lowest BCUT2D eigenvalue weighted by molar-refractivity contribution is -0.191. The standard InChI is InChI=1S/C20H26O6/c1-11(2)17(21)25-15-9-19(5)6-7-20(23,26-19)13(4)8-14-16(15)12(3)10-24-18(14)22/h6-8,11,14-16,23H,3,9-10H2,1-2,4-5H3/b13-8-/t14-,15-,16+,19+,20-/m1/s1. The van der Waals surface area contributed by atoms with Gasteiger partial charge in [-0.3, -0.25) is 9.59 Å². The third-order valence-corrected chi connectivity index (χ3v) is 5.32. The van der Waals surface area contributed by atoms with Gasteiger partial charge < -0.3 is 19.3 Å². The molecule has 3 aliphatic rings. The average Bonchev–Trinajstić information content (AvgIpc) is 2.87. The number of rotatable bonds is 2. The van der Waals surface area contributed by atoms with Gasteiger partial charge in [-0.1, -0.05) is 32.6 Å². The molecule has 1 fully saturated rings. The number of ether oxygens (including phenoxy) is 3. The van der Waals surface area contributed by atoms with Gasteiger partial charge in [0.15, 0.2) is 0 Å². The SMILES string of the molecule is C=C1COC(=O)[C@@H]2/C=C(/C)[C@@]3(O)C=C[C@@](C)(C[C@@H](OC(=O)C(C)C)[C@@H]12)O3. The van der Waals surface area contributed by atoms with Crippen molar-refractivity contribution in [3.05, 3.63) is 36.0 Å². The normalized spacial score (nSPS) is 41.5. The van der Waals surface area contributed by atoms with E-state index in [9.17, 15) is 14.7 Å².